The maximum atomic E-state index is 13.6. The van der Waals surface area contributed by atoms with Crippen molar-refractivity contribution in [3.63, 3.8) is 0 Å². The van der Waals surface area contributed by atoms with Crippen molar-refractivity contribution >= 4 is 0 Å². The van der Waals surface area contributed by atoms with Crippen LogP contribution in [0.3, 0.4) is 0 Å². The minimum atomic E-state index is -6.07. The molecule has 0 aliphatic heterocycles. The van der Waals surface area contributed by atoms with Crippen LogP contribution in [0, 0.1) is 0 Å². The van der Waals surface area contributed by atoms with Gasteiger partial charge < -0.3 is 5.11 Å². The molecule has 3 aromatic rings. The average Bonchev–Trinajstić information content (AvgIpc) is 2.71. The lowest BCUT2D eigenvalue weighted by molar-refractivity contribution is -0.376. The molecule has 0 fully saturated rings. The lowest BCUT2D eigenvalue weighted by Gasteiger charge is -2.32. The first-order valence-corrected chi connectivity index (χ1v) is 8.90. The van der Waals surface area contributed by atoms with Gasteiger partial charge in [0.05, 0.1) is 5.56 Å². The van der Waals surface area contributed by atoms with E-state index >= 15 is 0 Å². The molecule has 0 aromatic heterocycles. The third kappa shape index (κ3) is 4.06. The van der Waals surface area contributed by atoms with Gasteiger partial charge in [0.25, 0.3) is 5.60 Å². The van der Waals surface area contributed by atoms with Crippen LogP contribution in [0.5, 0.6) is 0 Å². The van der Waals surface area contributed by atoms with Crippen LogP contribution in [-0.2, 0) is 11.8 Å². The maximum absolute atomic E-state index is 13.6. The van der Waals surface area contributed by atoms with Gasteiger partial charge in [-0.15, -0.1) is 0 Å². The summed E-state index contributed by atoms with van der Waals surface area (Å²) in [4.78, 5) is 0. The maximum Gasteiger partial charge on any atom is 0.430 e. The summed E-state index contributed by atoms with van der Waals surface area (Å²) in [5, 5.41) is 9.50. The van der Waals surface area contributed by atoms with Crippen molar-refractivity contribution in [3.05, 3.63) is 83.9 Å². The molecule has 0 aliphatic carbocycles. The second-order valence-electron chi connectivity index (χ2n) is 6.88. The van der Waals surface area contributed by atoms with Gasteiger partial charge >= 0.3 is 18.5 Å². The SMILES string of the molecule is OC(c1ccc(-c2cccc(C(F)(F)F)c2-c2ccccc2)cc1)(C(F)(F)F)C(F)(F)F. The van der Waals surface area contributed by atoms with Gasteiger partial charge in [-0.25, -0.2) is 0 Å². The van der Waals surface area contributed by atoms with Gasteiger partial charge in [-0.3, -0.25) is 0 Å². The van der Waals surface area contributed by atoms with E-state index in [4.69, 9.17) is 0 Å². The van der Waals surface area contributed by atoms with Gasteiger partial charge in [0.15, 0.2) is 0 Å². The van der Waals surface area contributed by atoms with Crippen molar-refractivity contribution in [3.8, 4) is 22.3 Å². The zero-order valence-electron chi connectivity index (χ0n) is 15.8. The highest BCUT2D eigenvalue weighted by atomic mass is 19.4. The summed E-state index contributed by atoms with van der Waals surface area (Å²) in [7, 11) is 0. The number of hydrogen-bond acceptors (Lipinski definition) is 1. The highest BCUT2D eigenvalue weighted by Gasteiger charge is 2.71. The zero-order chi connectivity index (χ0) is 23.9. The monoisotopic (exact) mass is 464 g/mol. The summed E-state index contributed by atoms with van der Waals surface area (Å²) in [6.45, 7) is 0. The highest BCUT2D eigenvalue weighted by molar-refractivity contribution is 5.86. The standard InChI is InChI=1S/C22H13F9O/c23-20(24,25)17-8-4-7-16(18(17)14-5-2-1-3-6-14)13-9-11-15(12-10-13)19(32,21(26,27)28)22(29,30)31/h1-12,32H. The van der Waals surface area contributed by atoms with Crippen molar-refractivity contribution in [1.82, 2.24) is 0 Å². The van der Waals surface area contributed by atoms with E-state index in [1.807, 2.05) is 0 Å². The fourth-order valence-corrected chi connectivity index (χ4v) is 3.32. The first kappa shape index (κ1) is 23.6. The normalized spacial score (nSPS) is 13.3. The Hall–Kier alpha value is -3.01. The van der Waals surface area contributed by atoms with Crippen molar-refractivity contribution in [2.45, 2.75) is 24.1 Å². The van der Waals surface area contributed by atoms with Crippen LogP contribution in [0.2, 0.25) is 0 Å². The molecule has 0 spiro atoms. The number of rotatable bonds is 3. The molecule has 0 amide bonds. The van der Waals surface area contributed by atoms with E-state index in [9.17, 15) is 44.6 Å². The lowest BCUT2D eigenvalue weighted by atomic mass is 9.87. The molecule has 0 heterocycles. The summed E-state index contributed by atoms with van der Waals surface area (Å²) in [5.74, 6) is 0. The quantitative estimate of drug-likeness (QED) is 0.402. The first-order valence-electron chi connectivity index (χ1n) is 8.90. The Morgan fingerprint density at radius 2 is 1.06 bits per heavy atom. The molecular weight excluding hydrogens is 451 g/mol. The number of alkyl halides is 9. The molecule has 0 unspecified atom stereocenters. The zero-order valence-corrected chi connectivity index (χ0v) is 15.8. The van der Waals surface area contributed by atoms with Gasteiger partial charge in [0.2, 0.25) is 0 Å². The Morgan fingerprint density at radius 1 is 0.531 bits per heavy atom. The summed E-state index contributed by atoms with van der Waals surface area (Å²) in [6.07, 6.45) is -16.9. The Bertz CT molecular complexity index is 1070. The summed E-state index contributed by atoms with van der Waals surface area (Å²) < 4.78 is 119. The van der Waals surface area contributed by atoms with Gasteiger partial charge in [-0.2, -0.15) is 39.5 Å². The van der Waals surface area contributed by atoms with Crippen LogP contribution >= 0.6 is 0 Å². The van der Waals surface area contributed by atoms with E-state index in [1.54, 1.807) is 6.07 Å². The topological polar surface area (TPSA) is 20.2 Å². The molecule has 3 rings (SSSR count). The van der Waals surface area contributed by atoms with E-state index in [0.717, 1.165) is 24.3 Å². The van der Waals surface area contributed by atoms with Crippen LogP contribution < -0.4 is 0 Å². The molecule has 1 N–H and O–H groups in total. The second-order valence-corrected chi connectivity index (χ2v) is 6.88. The molecule has 0 bridgehead atoms. The number of hydrogen-bond donors (Lipinski definition) is 1. The Balaban J connectivity index is 2.21. The number of benzene rings is 3. The van der Waals surface area contributed by atoms with Gasteiger partial charge in [0.1, 0.15) is 0 Å². The van der Waals surface area contributed by atoms with E-state index in [-0.39, 0.29) is 22.3 Å². The third-order valence-corrected chi connectivity index (χ3v) is 4.87. The largest absolute Gasteiger partial charge is 0.430 e. The molecule has 170 valence electrons. The molecule has 0 radical (unpaired) electrons. The minimum absolute atomic E-state index is 0.0554. The third-order valence-electron chi connectivity index (χ3n) is 4.87. The molecule has 3 aromatic carbocycles. The van der Waals surface area contributed by atoms with Crippen LogP contribution in [0.25, 0.3) is 22.3 Å². The summed E-state index contributed by atoms with van der Waals surface area (Å²) >= 11 is 0. The Kier molecular flexibility index (Phi) is 5.80. The molecule has 32 heavy (non-hydrogen) atoms. The van der Waals surface area contributed by atoms with E-state index in [0.29, 0.717) is 12.1 Å². The molecule has 0 saturated carbocycles. The van der Waals surface area contributed by atoms with Crippen LogP contribution in [0.15, 0.2) is 72.8 Å². The molecule has 0 saturated heterocycles. The van der Waals surface area contributed by atoms with Gasteiger partial charge in [-0.05, 0) is 22.8 Å². The predicted molar refractivity (Wildman–Crippen MR) is 98.3 cm³/mol. The van der Waals surface area contributed by atoms with Crippen molar-refractivity contribution in [2.75, 3.05) is 0 Å². The molecule has 10 heteroatoms. The Labute approximate surface area is 175 Å². The van der Waals surface area contributed by atoms with E-state index < -0.39 is 35.3 Å². The van der Waals surface area contributed by atoms with Crippen molar-refractivity contribution < 1.29 is 44.6 Å². The van der Waals surface area contributed by atoms with E-state index in [2.05, 4.69) is 0 Å². The molecular formula is C22H13F9O. The minimum Gasteiger partial charge on any atom is -0.369 e. The fraction of sp³-hybridized carbons (Fsp3) is 0.182. The number of halogens is 9. The lowest BCUT2D eigenvalue weighted by Crippen LogP contribution is -2.53. The summed E-state index contributed by atoms with van der Waals surface area (Å²) in [5.41, 5.74) is -7.90. The Morgan fingerprint density at radius 3 is 1.53 bits per heavy atom. The van der Waals surface area contributed by atoms with E-state index in [1.165, 1.54) is 30.3 Å². The highest BCUT2D eigenvalue weighted by Crippen LogP contribution is 2.50. The second kappa shape index (κ2) is 7.84. The van der Waals surface area contributed by atoms with Gasteiger partial charge in [-0.1, -0.05) is 66.7 Å². The average molecular weight is 464 g/mol. The first-order chi connectivity index (χ1) is 14.7. The van der Waals surface area contributed by atoms with Crippen molar-refractivity contribution in [2.24, 2.45) is 0 Å². The molecule has 0 atom stereocenters. The number of aliphatic hydroxyl groups is 1. The van der Waals surface area contributed by atoms with Crippen molar-refractivity contribution in [1.29, 1.82) is 0 Å². The van der Waals surface area contributed by atoms with Crippen LogP contribution in [0.1, 0.15) is 11.1 Å². The molecule has 0 aliphatic rings. The fourth-order valence-electron chi connectivity index (χ4n) is 3.32. The van der Waals surface area contributed by atoms with Crippen LogP contribution in [-0.4, -0.2) is 17.5 Å². The molecule has 1 nitrogen and oxygen atoms in total. The predicted octanol–water partition coefficient (Wildman–Crippen LogP) is 7.35. The van der Waals surface area contributed by atoms with Crippen LogP contribution in [0.4, 0.5) is 39.5 Å². The summed E-state index contributed by atoms with van der Waals surface area (Å²) in [6, 6.07) is 12.9. The smallest absolute Gasteiger partial charge is 0.369 e. The van der Waals surface area contributed by atoms with Gasteiger partial charge in [0, 0.05) is 11.1 Å².